The summed E-state index contributed by atoms with van der Waals surface area (Å²) in [4.78, 5) is 11.1. The second kappa shape index (κ2) is 4.67. The van der Waals surface area contributed by atoms with Gasteiger partial charge in [0.2, 0.25) is 0 Å². The van der Waals surface area contributed by atoms with Gasteiger partial charge in [0, 0.05) is 5.88 Å². The van der Waals surface area contributed by atoms with E-state index in [1.807, 2.05) is 12.1 Å². The first kappa shape index (κ1) is 10.5. The van der Waals surface area contributed by atoms with Crippen LogP contribution in [0.5, 0.6) is 0 Å². The van der Waals surface area contributed by atoms with E-state index in [9.17, 15) is 4.79 Å². The molecule has 1 unspecified atom stereocenters. The molecule has 2 nitrogen and oxygen atoms in total. The van der Waals surface area contributed by atoms with Crippen LogP contribution in [0.25, 0.3) is 0 Å². The van der Waals surface area contributed by atoms with Crippen LogP contribution in [0.3, 0.4) is 0 Å². The molecule has 0 spiro atoms. The van der Waals surface area contributed by atoms with Crippen molar-refractivity contribution >= 4 is 17.6 Å². The van der Waals surface area contributed by atoms with Gasteiger partial charge in [-0.15, -0.1) is 11.6 Å². The Hall–Kier alpha value is -1.02. The Kier molecular flexibility index (Phi) is 3.27. The molecule has 1 aliphatic heterocycles. The molecule has 1 heterocycles. The molecule has 0 radical (unpaired) electrons. The van der Waals surface area contributed by atoms with Crippen LogP contribution in [0, 0.1) is 0 Å². The smallest absolute Gasteiger partial charge is 0.306 e. The van der Waals surface area contributed by atoms with E-state index >= 15 is 0 Å². The normalized spacial score (nSPS) is 21.1. The summed E-state index contributed by atoms with van der Waals surface area (Å²) in [5.41, 5.74) is 2.32. The molecule has 0 aliphatic carbocycles. The fourth-order valence-electron chi connectivity index (χ4n) is 1.84. The van der Waals surface area contributed by atoms with Gasteiger partial charge in [0.15, 0.2) is 0 Å². The molecule has 15 heavy (non-hydrogen) atoms. The third-order valence-electron chi connectivity index (χ3n) is 2.75. The van der Waals surface area contributed by atoms with E-state index in [2.05, 4.69) is 12.1 Å². The van der Waals surface area contributed by atoms with Crippen LogP contribution >= 0.6 is 11.6 Å². The van der Waals surface area contributed by atoms with Crippen LogP contribution in [0.4, 0.5) is 0 Å². The third kappa shape index (κ3) is 2.51. The number of hydrogen-bond donors (Lipinski definition) is 0. The zero-order valence-electron chi connectivity index (χ0n) is 8.41. The fourth-order valence-corrected chi connectivity index (χ4v) is 2.02. The highest BCUT2D eigenvalue weighted by Crippen LogP contribution is 2.27. The summed E-state index contributed by atoms with van der Waals surface area (Å²) in [6.07, 6.45) is 1.42. The van der Waals surface area contributed by atoms with E-state index in [0.29, 0.717) is 24.8 Å². The molecule has 0 N–H and O–H groups in total. The van der Waals surface area contributed by atoms with Crippen LogP contribution in [0.1, 0.15) is 29.9 Å². The average molecular weight is 225 g/mol. The number of carbonyl (C=O) groups is 1. The van der Waals surface area contributed by atoms with Crippen molar-refractivity contribution in [1.82, 2.24) is 0 Å². The van der Waals surface area contributed by atoms with Gasteiger partial charge in [-0.1, -0.05) is 24.3 Å². The van der Waals surface area contributed by atoms with Gasteiger partial charge in [-0.25, -0.2) is 0 Å². The zero-order valence-corrected chi connectivity index (χ0v) is 9.17. The van der Waals surface area contributed by atoms with Crippen LogP contribution < -0.4 is 0 Å². The topological polar surface area (TPSA) is 26.3 Å². The Labute approximate surface area is 94.2 Å². The first-order valence-corrected chi connectivity index (χ1v) is 5.63. The van der Waals surface area contributed by atoms with Gasteiger partial charge in [-0.2, -0.15) is 0 Å². The van der Waals surface area contributed by atoms with Crippen molar-refractivity contribution in [2.45, 2.75) is 24.6 Å². The Morgan fingerprint density at radius 2 is 2.07 bits per heavy atom. The number of carbonyl (C=O) groups excluding carboxylic acids is 1. The second-order valence-electron chi connectivity index (χ2n) is 3.79. The van der Waals surface area contributed by atoms with Gasteiger partial charge in [0.05, 0.1) is 13.0 Å². The maximum atomic E-state index is 11.1. The van der Waals surface area contributed by atoms with Gasteiger partial charge in [-0.3, -0.25) is 4.79 Å². The molecule has 0 saturated carbocycles. The highest BCUT2D eigenvalue weighted by Gasteiger charge is 2.21. The lowest BCUT2D eigenvalue weighted by Crippen LogP contribution is -2.19. The summed E-state index contributed by atoms with van der Waals surface area (Å²) >= 11 is 5.71. The molecule has 1 aliphatic rings. The van der Waals surface area contributed by atoms with Crippen molar-refractivity contribution < 1.29 is 9.53 Å². The number of cyclic esters (lactones) is 1. The molecule has 2 rings (SSSR count). The zero-order chi connectivity index (χ0) is 10.7. The van der Waals surface area contributed by atoms with E-state index in [0.717, 1.165) is 12.0 Å². The lowest BCUT2D eigenvalue weighted by atomic mass is 9.91. The highest BCUT2D eigenvalue weighted by atomic mass is 35.5. The molecule has 0 bridgehead atoms. The summed E-state index contributed by atoms with van der Waals surface area (Å²) in [6.45, 7) is 0.542. The Morgan fingerprint density at radius 3 is 2.67 bits per heavy atom. The van der Waals surface area contributed by atoms with Crippen molar-refractivity contribution in [2.24, 2.45) is 0 Å². The Morgan fingerprint density at radius 1 is 1.33 bits per heavy atom. The molecule has 1 aromatic carbocycles. The van der Waals surface area contributed by atoms with Crippen molar-refractivity contribution in [2.75, 3.05) is 6.61 Å². The van der Waals surface area contributed by atoms with E-state index < -0.39 is 0 Å². The fraction of sp³-hybridized carbons (Fsp3) is 0.417. The van der Waals surface area contributed by atoms with Crippen molar-refractivity contribution in [1.29, 1.82) is 0 Å². The number of esters is 1. The summed E-state index contributed by atoms with van der Waals surface area (Å²) in [7, 11) is 0. The van der Waals surface area contributed by atoms with E-state index in [-0.39, 0.29) is 5.97 Å². The molecule has 1 saturated heterocycles. The second-order valence-corrected chi connectivity index (χ2v) is 4.05. The monoisotopic (exact) mass is 224 g/mol. The van der Waals surface area contributed by atoms with Gasteiger partial charge < -0.3 is 4.74 Å². The van der Waals surface area contributed by atoms with Crippen LogP contribution in [-0.2, 0) is 15.4 Å². The van der Waals surface area contributed by atoms with Gasteiger partial charge in [0.25, 0.3) is 0 Å². The highest BCUT2D eigenvalue weighted by molar-refractivity contribution is 6.17. The number of alkyl halides is 1. The first-order chi connectivity index (χ1) is 7.29. The minimum atomic E-state index is -0.0901. The van der Waals surface area contributed by atoms with Crippen LogP contribution in [0.15, 0.2) is 24.3 Å². The lowest BCUT2D eigenvalue weighted by Gasteiger charge is -2.21. The minimum absolute atomic E-state index is 0.0901. The minimum Gasteiger partial charge on any atom is -0.466 e. The maximum Gasteiger partial charge on any atom is 0.306 e. The van der Waals surface area contributed by atoms with Crippen molar-refractivity contribution in [3.05, 3.63) is 35.4 Å². The number of halogens is 1. The molecule has 3 heteroatoms. The number of ether oxygens (including phenoxy) is 1. The quantitative estimate of drug-likeness (QED) is 0.571. The Balaban J connectivity index is 2.11. The molecule has 1 fully saturated rings. The molecular weight excluding hydrogens is 212 g/mol. The molecule has 0 aromatic heterocycles. The molecular formula is C12H13ClO2. The summed E-state index contributed by atoms with van der Waals surface area (Å²) < 4.78 is 4.91. The number of rotatable bonds is 2. The van der Waals surface area contributed by atoms with Crippen molar-refractivity contribution in [3.8, 4) is 0 Å². The molecule has 1 atom stereocenters. The number of hydrogen-bond acceptors (Lipinski definition) is 2. The maximum absolute atomic E-state index is 11.1. The molecule has 1 aromatic rings. The lowest BCUT2D eigenvalue weighted by molar-refractivity contribution is -0.147. The van der Waals surface area contributed by atoms with E-state index in [4.69, 9.17) is 16.3 Å². The predicted molar refractivity (Wildman–Crippen MR) is 58.9 cm³/mol. The van der Waals surface area contributed by atoms with Gasteiger partial charge in [-0.05, 0) is 23.5 Å². The van der Waals surface area contributed by atoms with Crippen LogP contribution in [-0.4, -0.2) is 12.6 Å². The standard InChI is InChI=1S/C12H13ClO2/c13-8-9-1-3-10(4-2-9)11-5-6-15-12(14)7-11/h1-4,11H,5-8H2. The predicted octanol–water partition coefficient (Wildman–Crippen LogP) is 2.85. The first-order valence-electron chi connectivity index (χ1n) is 5.10. The van der Waals surface area contributed by atoms with Gasteiger partial charge in [0.1, 0.15) is 0 Å². The van der Waals surface area contributed by atoms with E-state index in [1.165, 1.54) is 5.56 Å². The van der Waals surface area contributed by atoms with Crippen LogP contribution in [0.2, 0.25) is 0 Å². The average Bonchev–Trinajstić information content (AvgIpc) is 2.29. The Bertz CT molecular complexity index is 345. The van der Waals surface area contributed by atoms with Gasteiger partial charge >= 0.3 is 5.97 Å². The summed E-state index contributed by atoms with van der Waals surface area (Å²) in [6, 6.07) is 8.15. The largest absolute Gasteiger partial charge is 0.466 e. The summed E-state index contributed by atoms with van der Waals surface area (Å²) in [5.74, 6) is 0.760. The molecule has 80 valence electrons. The summed E-state index contributed by atoms with van der Waals surface area (Å²) in [5, 5.41) is 0. The SMILES string of the molecule is O=C1CC(c2ccc(CCl)cc2)CCO1. The molecule has 0 amide bonds. The van der Waals surface area contributed by atoms with Crippen molar-refractivity contribution in [3.63, 3.8) is 0 Å². The third-order valence-corrected chi connectivity index (χ3v) is 3.06. The van der Waals surface area contributed by atoms with E-state index in [1.54, 1.807) is 0 Å². The number of benzene rings is 1.